The number of amides is 1. The molecule has 0 N–H and O–H groups in total. The number of carbonyl (C=O) groups excluding carboxylic acids is 1. The monoisotopic (exact) mass is 334 g/mol. The van der Waals surface area contributed by atoms with Crippen molar-refractivity contribution in [3.05, 3.63) is 18.5 Å². The summed E-state index contributed by atoms with van der Waals surface area (Å²) in [5, 5.41) is 0. The Hall–Kier alpha value is -1.30. The van der Waals surface area contributed by atoms with Gasteiger partial charge in [-0.05, 0) is 43.4 Å². The minimum Gasteiger partial charge on any atom is -0.342 e. The zero-order chi connectivity index (χ0) is 16.1. The number of thioether (sulfide) groups is 1. The highest BCUT2D eigenvalue weighted by Crippen LogP contribution is 2.32. The van der Waals surface area contributed by atoms with Crippen molar-refractivity contribution in [3.63, 3.8) is 0 Å². The molecular weight excluding hydrogens is 308 g/mol. The predicted molar refractivity (Wildman–Crippen MR) is 94.7 cm³/mol. The first-order valence-electron chi connectivity index (χ1n) is 8.56. The van der Waals surface area contributed by atoms with Crippen molar-refractivity contribution in [2.75, 3.05) is 43.1 Å². The number of rotatable bonds is 5. The third-order valence-corrected chi connectivity index (χ3v) is 5.75. The van der Waals surface area contributed by atoms with E-state index < -0.39 is 0 Å². The predicted octanol–water partition coefficient (Wildman–Crippen LogP) is 2.29. The van der Waals surface area contributed by atoms with Crippen LogP contribution in [0, 0.1) is 11.8 Å². The Morgan fingerprint density at radius 3 is 2.57 bits per heavy atom. The molecule has 0 aromatic carbocycles. The van der Waals surface area contributed by atoms with E-state index in [1.807, 2.05) is 18.5 Å². The first-order valence-corrected chi connectivity index (χ1v) is 9.96. The fraction of sp³-hybridized carbons (Fsp3) is 0.706. The van der Waals surface area contributed by atoms with Gasteiger partial charge in [0.2, 0.25) is 11.9 Å². The second-order valence-electron chi connectivity index (χ2n) is 6.50. The quantitative estimate of drug-likeness (QED) is 0.827. The summed E-state index contributed by atoms with van der Waals surface area (Å²) < 4.78 is 0. The van der Waals surface area contributed by atoms with Gasteiger partial charge in [0.15, 0.2) is 0 Å². The highest BCUT2D eigenvalue weighted by Gasteiger charge is 2.33. The van der Waals surface area contributed by atoms with Crippen LogP contribution in [0.3, 0.4) is 0 Å². The zero-order valence-corrected chi connectivity index (χ0v) is 14.7. The molecule has 3 rings (SSSR count). The lowest BCUT2D eigenvalue weighted by molar-refractivity contribution is -0.129. The van der Waals surface area contributed by atoms with Gasteiger partial charge in [-0.15, -0.1) is 0 Å². The molecule has 2 fully saturated rings. The molecule has 23 heavy (non-hydrogen) atoms. The van der Waals surface area contributed by atoms with Crippen LogP contribution < -0.4 is 4.90 Å². The SMILES string of the molecule is CSCCC(=O)N1CC[C@H](C2CCN(c3ncccn3)CC2)C1. The maximum Gasteiger partial charge on any atom is 0.225 e. The molecule has 3 heterocycles. The van der Waals surface area contributed by atoms with Gasteiger partial charge in [0.1, 0.15) is 0 Å². The van der Waals surface area contributed by atoms with Crippen LogP contribution in [0.5, 0.6) is 0 Å². The average molecular weight is 334 g/mol. The number of aromatic nitrogens is 2. The van der Waals surface area contributed by atoms with Gasteiger partial charge in [-0.25, -0.2) is 9.97 Å². The van der Waals surface area contributed by atoms with E-state index in [0.717, 1.165) is 43.8 Å². The minimum atomic E-state index is 0.344. The molecule has 5 nitrogen and oxygen atoms in total. The third kappa shape index (κ3) is 4.16. The molecule has 126 valence electrons. The van der Waals surface area contributed by atoms with Crippen LogP contribution in [0.2, 0.25) is 0 Å². The van der Waals surface area contributed by atoms with Crippen molar-refractivity contribution in [3.8, 4) is 0 Å². The molecule has 2 saturated heterocycles. The molecule has 6 heteroatoms. The van der Waals surface area contributed by atoms with Crippen molar-refractivity contribution in [1.82, 2.24) is 14.9 Å². The number of hydrogen-bond donors (Lipinski definition) is 0. The molecule has 0 radical (unpaired) electrons. The Bertz CT molecular complexity index is 505. The van der Waals surface area contributed by atoms with Gasteiger partial charge in [0, 0.05) is 50.7 Å². The summed E-state index contributed by atoms with van der Waals surface area (Å²) in [4.78, 5) is 25.2. The van der Waals surface area contributed by atoms with Crippen LogP contribution in [0.15, 0.2) is 18.5 Å². The van der Waals surface area contributed by atoms with E-state index in [1.54, 1.807) is 11.8 Å². The van der Waals surface area contributed by atoms with Gasteiger partial charge in [0.25, 0.3) is 0 Å². The summed E-state index contributed by atoms with van der Waals surface area (Å²) in [7, 11) is 0. The Labute approximate surface area is 142 Å². The molecule has 2 aliphatic heterocycles. The molecule has 0 spiro atoms. The number of carbonyl (C=O) groups is 1. The molecule has 1 atom stereocenters. The lowest BCUT2D eigenvalue weighted by Crippen LogP contribution is -2.38. The van der Waals surface area contributed by atoms with Gasteiger partial charge in [-0.3, -0.25) is 4.79 Å². The van der Waals surface area contributed by atoms with Crippen molar-refractivity contribution < 1.29 is 4.79 Å². The molecule has 0 bridgehead atoms. The standard InChI is InChI=1S/C17H26N4OS/c1-23-12-6-16(22)21-11-5-15(13-21)14-3-9-20(10-4-14)17-18-7-2-8-19-17/h2,7-8,14-15H,3-6,9-13H2,1H3/t15-/m0/s1. The van der Waals surface area contributed by atoms with Gasteiger partial charge in [-0.1, -0.05) is 0 Å². The average Bonchev–Trinajstić information content (AvgIpc) is 3.11. The van der Waals surface area contributed by atoms with Gasteiger partial charge < -0.3 is 9.80 Å². The van der Waals surface area contributed by atoms with Crippen LogP contribution in [-0.4, -0.2) is 59.0 Å². The maximum absolute atomic E-state index is 12.2. The second-order valence-corrected chi connectivity index (χ2v) is 7.49. The largest absolute Gasteiger partial charge is 0.342 e. The molecule has 0 unspecified atom stereocenters. The van der Waals surface area contributed by atoms with Gasteiger partial charge >= 0.3 is 0 Å². The van der Waals surface area contributed by atoms with Crippen LogP contribution in [-0.2, 0) is 4.79 Å². The van der Waals surface area contributed by atoms with E-state index >= 15 is 0 Å². The summed E-state index contributed by atoms with van der Waals surface area (Å²) in [5.74, 6) is 3.57. The van der Waals surface area contributed by atoms with E-state index in [4.69, 9.17) is 0 Å². The summed E-state index contributed by atoms with van der Waals surface area (Å²) >= 11 is 1.75. The lowest BCUT2D eigenvalue weighted by Gasteiger charge is -2.34. The highest BCUT2D eigenvalue weighted by atomic mass is 32.2. The van der Waals surface area contributed by atoms with Crippen molar-refractivity contribution in [2.45, 2.75) is 25.7 Å². The summed E-state index contributed by atoms with van der Waals surface area (Å²) in [5.41, 5.74) is 0. The van der Waals surface area contributed by atoms with Crippen molar-refractivity contribution in [1.29, 1.82) is 0 Å². The van der Waals surface area contributed by atoms with Crippen LogP contribution in [0.25, 0.3) is 0 Å². The molecule has 0 saturated carbocycles. The molecule has 2 aliphatic rings. The lowest BCUT2D eigenvalue weighted by atomic mass is 9.84. The van der Waals surface area contributed by atoms with E-state index in [9.17, 15) is 4.79 Å². The molecule has 1 aromatic heterocycles. The Morgan fingerprint density at radius 2 is 1.87 bits per heavy atom. The number of nitrogens with zero attached hydrogens (tertiary/aromatic N) is 4. The second kappa shape index (κ2) is 7.99. The normalized spacial score (nSPS) is 22.6. The van der Waals surface area contributed by atoms with Crippen molar-refractivity contribution in [2.24, 2.45) is 11.8 Å². The maximum atomic E-state index is 12.2. The van der Waals surface area contributed by atoms with Crippen LogP contribution in [0.4, 0.5) is 5.95 Å². The molecule has 1 amide bonds. The topological polar surface area (TPSA) is 49.3 Å². The fourth-order valence-corrected chi connectivity index (χ4v) is 4.15. The Morgan fingerprint density at radius 1 is 1.17 bits per heavy atom. The first-order chi connectivity index (χ1) is 11.3. The van der Waals surface area contributed by atoms with Crippen molar-refractivity contribution >= 4 is 23.6 Å². The first kappa shape index (κ1) is 16.6. The van der Waals surface area contributed by atoms with E-state index in [-0.39, 0.29) is 0 Å². The Balaban J connectivity index is 1.46. The van der Waals surface area contributed by atoms with E-state index in [1.165, 1.54) is 19.3 Å². The fourth-order valence-electron chi connectivity index (χ4n) is 3.77. The number of piperidine rings is 1. The van der Waals surface area contributed by atoms with Crippen LogP contribution in [0.1, 0.15) is 25.7 Å². The number of anilines is 1. The van der Waals surface area contributed by atoms with Gasteiger partial charge in [-0.2, -0.15) is 11.8 Å². The smallest absolute Gasteiger partial charge is 0.225 e. The molecular formula is C17H26N4OS. The van der Waals surface area contributed by atoms with E-state index in [2.05, 4.69) is 26.0 Å². The molecule has 1 aromatic rings. The minimum absolute atomic E-state index is 0.344. The molecule has 0 aliphatic carbocycles. The number of likely N-dealkylation sites (tertiary alicyclic amines) is 1. The van der Waals surface area contributed by atoms with Gasteiger partial charge in [0.05, 0.1) is 0 Å². The summed E-state index contributed by atoms with van der Waals surface area (Å²) in [6.45, 7) is 4.00. The summed E-state index contributed by atoms with van der Waals surface area (Å²) in [6, 6.07) is 1.86. The van der Waals surface area contributed by atoms with Crippen LogP contribution >= 0.6 is 11.8 Å². The zero-order valence-electron chi connectivity index (χ0n) is 13.9. The Kier molecular flexibility index (Phi) is 5.75. The summed E-state index contributed by atoms with van der Waals surface area (Å²) in [6.07, 6.45) is 9.93. The third-order valence-electron chi connectivity index (χ3n) is 5.14. The number of hydrogen-bond acceptors (Lipinski definition) is 5. The van der Waals surface area contributed by atoms with E-state index in [0.29, 0.717) is 18.2 Å². The highest BCUT2D eigenvalue weighted by molar-refractivity contribution is 7.98.